The van der Waals surface area contributed by atoms with E-state index in [1.165, 1.54) is 12.4 Å². The fraction of sp³-hybridized carbons (Fsp3) is 0.393. The van der Waals surface area contributed by atoms with Gasteiger partial charge in [0.15, 0.2) is 6.61 Å². The molecule has 3 heterocycles. The summed E-state index contributed by atoms with van der Waals surface area (Å²) >= 11 is 0. The Balaban J connectivity index is 1.34. The largest absolute Gasteiger partial charge is 0.482 e. The molecular weight excluding hydrogens is 525 g/mol. The lowest BCUT2D eigenvalue weighted by Crippen LogP contribution is -2.44. The van der Waals surface area contributed by atoms with E-state index in [0.29, 0.717) is 35.4 Å². The summed E-state index contributed by atoms with van der Waals surface area (Å²) in [5, 5.41) is 0.427. The number of nitrogens with one attached hydrogen (secondary N) is 1. The highest BCUT2D eigenvalue weighted by Gasteiger charge is 2.30. The van der Waals surface area contributed by atoms with E-state index in [1.54, 1.807) is 18.2 Å². The van der Waals surface area contributed by atoms with Crippen LogP contribution in [0.3, 0.4) is 0 Å². The lowest BCUT2D eigenvalue weighted by atomic mass is 9.94. The van der Waals surface area contributed by atoms with Crippen molar-refractivity contribution >= 4 is 22.3 Å². The van der Waals surface area contributed by atoms with Crippen molar-refractivity contribution in [2.24, 2.45) is 5.92 Å². The number of pyridine rings is 1. The average molecular weight is 557 g/mol. The third-order valence-electron chi connectivity index (χ3n) is 7.16. The molecule has 0 spiro atoms. The minimum Gasteiger partial charge on any atom is -0.482 e. The van der Waals surface area contributed by atoms with E-state index in [1.807, 2.05) is 45.3 Å². The molecule has 3 aromatic rings. The van der Waals surface area contributed by atoms with Crippen molar-refractivity contribution in [3.8, 4) is 11.8 Å². The van der Waals surface area contributed by atoms with Gasteiger partial charge in [0.1, 0.15) is 11.5 Å². The fourth-order valence-electron chi connectivity index (χ4n) is 4.93. The van der Waals surface area contributed by atoms with Crippen LogP contribution in [0.2, 0.25) is 0 Å². The molecule has 2 aromatic heterocycles. The Labute approximate surface area is 229 Å². The van der Waals surface area contributed by atoms with Gasteiger partial charge < -0.3 is 24.2 Å². The van der Waals surface area contributed by atoms with Crippen molar-refractivity contribution in [1.29, 1.82) is 0 Å². The van der Waals surface area contributed by atoms with Crippen molar-refractivity contribution in [3.63, 3.8) is 0 Å². The van der Waals surface area contributed by atoms with Crippen molar-refractivity contribution < 1.29 is 22.6 Å². The maximum atomic E-state index is 12.9. The molecule has 1 saturated heterocycles. The van der Waals surface area contributed by atoms with Gasteiger partial charge in [-0.3, -0.25) is 14.8 Å². The predicted molar refractivity (Wildman–Crippen MR) is 147 cm³/mol. The summed E-state index contributed by atoms with van der Waals surface area (Å²) in [6.07, 6.45) is 4.36. The van der Waals surface area contributed by atoms with Crippen LogP contribution < -0.4 is 24.8 Å². The van der Waals surface area contributed by atoms with Crippen LogP contribution in [0.15, 0.2) is 65.4 Å². The number of piperazine rings is 1. The van der Waals surface area contributed by atoms with Gasteiger partial charge in [0.25, 0.3) is 5.56 Å². The van der Waals surface area contributed by atoms with Gasteiger partial charge in [0, 0.05) is 51.0 Å². The number of benzene rings is 1. The highest BCUT2D eigenvalue weighted by Crippen LogP contribution is 2.36. The number of nitrogens with zero attached hydrogens (tertiary/aromatic N) is 5. The van der Waals surface area contributed by atoms with Crippen LogP contribution in [0, 0.1) is 5.92 Å². The van der Waals surface area contributed by atoms with E-state index in [-0.39, 0.29) is 29.3 Å². The van der Waals surface area contributed by atoms with Crippen molar-refractivity contribution in [2.75, 3.05) is 56.7 Å². The second-order valence-corrected chi connectivity index (χ2v) is 10.1. The quantitative estimate of drug-likeness (QED) is 0.468. The lowest BCUT2D eigenvalue weighted by Gasteiger charge is -2.37. The van der Waals surface area contributed by atoms with Crippen molar-refractivity contribution in [1.82, 2.24) is 19.9 Å². The molecular formula is C28H31F3N6O3. The zero-order valence-corrected chi connectivity index (χ0v) is 22.5. The highest BCUT2D eigenvalue weighted by atomic mass is 19.4. The van der Waals surface area contributed by atoms with E-state index < -0.39 is 12.8 Å². The first kappa shape index (κ1) is 27.5. The first-order chi connectivity index (χ1) is 19.1. The SMILES string of the molecule is CC1C=C(Oc2nc3cnccc3c(=O)[nH]2)C=CC1N(C)c1ccc(OCC(F)(F)F)c(N2CCN(C)CC2)c1. The average Bonchev–Trinajstić information content (AvgIpc) is 2.92. The summed E-state index contributed by atoms with van der Waals surface area (Å²) < 4.78 is 49.8. The first-order valence-corrected chi connectivity index (χ1v) is 13.0. The van der Waals surface area contributed by atoms with Gasteiger partial charge in [-0.1, -0.05) is 13.0 Å². The van der Waals surface area contributed by atoms with Crippen LogP contribution in [0.25, 0.3) is 10.9 Å². The van der Waals surface area contributed by atoms with Crippen LogP contribution in [0.5, 0.6) is 11.8 Å². The number of ether oxygens (including phenoxy) is 2. The molecule has 1 fully saturated rings. The third kappa shape index (κ3) is 6.22. The van der Waals surface area contributed by atoms with Gasteiger partial charge in [0.2, 0.25) is 0 Å². The molecule has 9 nitrogen and oxygen atoms in total. The number of hydrogen-bond donors (Lipinski definition) is 1. The molecule has 1 aliphatic carbocycles. The van der Waals surface area contributed by atoms with Crippen molar-refractivity contribution in [3.05, 3.63) is 71.0 Å². The summed E-state index contributed by atoms with van der Waals surface area (Å²) in [5.74, 6) is 0.763. The molecule has 0 amide bonds. The number of aromatic amines is 1. The number of anilines is 2. The monoisotopic (exact) mass is 556 g/mol. The van der Waals surface area contributed by atoms with E-state index in [4.69, 9.17) is 9.47 Å². The number of allylic oxidation sites excluding steroid dienone is 1. The second-order valence-electron chi connectivity index (χ2n) is 10.1. The molecule has 1 aromatic carbocycles. The number of halogens is 3. The number of aromatic nitrogens is 3. The van der Waals surface area contributed by atoms with Crippen LogP contribution in [-0.2, 0) is 0 Å². The van der Waals surface area contributed by atoms with E-state index in [9.17, 15) is 18.0 Å². The van der Waals surface area contributed by atoms with E-state index in [0.717, 1.165) is 18.8 Å². The summed E-state index contributed by atoms with van der Waals surface area (Å²) in [4.78, 5) is 29.7. The van der Waals surface area contributed by atoms with Crippen LogP contribution >= 0.6 is 0 Å². The van der Waals surface area contributed by atoms with Gasteiger partial charge in [-0.15, -0.1) is 0 Å². The van der Waals surface area contributed by atoms with E-state index in [2.05, 4.69) is 29.7 Å². The molecule has 0 bridgehead atoms. The van der Waals surface area contributed by atoms with Gasteiger partial charge in [0.05, 0.1) is 28.8 Å². The molecule has 0 saturated carbocycles. The third-order valence-corrected chi connectivity index (χ3v) is 7.16. The summed E-state index contributed by atoms with van der Waals surface area (Å²) in [6.45, 7) is 3.70. The lowest BCUT2D eigenvalue weighted by molar-refractivity contribution is -0.153. The molecule has 12 heteroatoms. The minimum absolute atomic E-state index is 0.00656. The fourth-order valence-corrected chi connectivity index (χ4v) is 4.93. The number of H-pyrrole nitrogens is 1. The van der Waals surface area contributed by atoms with Crippen LogP contribution in [0.1, 0.15) is 6.92 Å². The first-order valence-electron chi connectivity index (χ1n) is 13.0. The Morgan fingerprint density at radius 2 is 1.95 bits per heavy atom. The summed E-state index contributed by atoms with van der Waals surface area (Å²) in [5.41, 5.74) is 1.62. The van der Waals surface area contributed by atoms with Gasteiger partial charge in [-0.25, -0.2) is 0 Å². The maximum absolute atomic E-state index is 12.9. The predicted octanol–water partition coefficient (Wildman–Crippen LogP) is 3.98. The number of rotatable bonds is 7. The van der Waals surface area contributed by atoms with Gasteiger partial charge in [-0.2, -0.15) is 18.2 Å². The standard InChI is InChI=1S/C28H31F3N6O3/c1-18-14-20(40-27-33-22-16-32-9-8-21(22)26(38)34-27)5-6-23(18)36(3)19-4-7-25(39-17-28(29,30)31)24(15-19)37-12-10-35(2)11-13-37/h4-9,14-16,18,23H,10-13,17H2,1-3H3,(H,33,34,38). The summed E-state index contributed by atoms with van der Waals surface area (Å²) in [7, 11) is 3.97. The Morgan fingerprint density at radius 1 is 1.18 bits per heavy atom. The van der Waals surface area contributed by atoms with Gasteiger partial charge in [-0.05, 0) is 43.5 Å². The number of hydrogen-bond acceptors (Lipinski definition) is 8. The molecule has 5 rings (SSSR count). The maximum Gasteiger partial charge on any atom is 0.422 e. The second kappa shape index (κ2) is 11.2. The zero-order valence-electron chi connectivity index (χ0n) is 22.5. The minimum atomic E-state index is -4.42. The molecule has 40 heavy (non-hydrogen) atoms. The van der Waals surface area contributed by atoms with Crippen LogP contribution in [0.4, 0.5) is 24.5 Å². The van der Waals surface area contributed by atoms with Crippen molar-refractivity contribution in [2.45, 2.75) is 19.1 Å². The zero-order chi connectivity index (χ0) is 28.4. The Bertz CT molecular complexity index is 1480. The Hall–Kier alpha value is -4.06. The molecule has 212 valence electrons. The Morgan fingerprint density at radius 3 is 2.67 bits per heavy atom. The smallest absolute Gasteiger partial charge is 0.422 e. The Kier molecular flexibility index (Phi) is 7.70. The highest BCUT2D eigenvalue weighted by molar-refractivity contribution is 5.76. The number of alkyl halides is 3. The summed E-state index contributed by atoms with van der Waals surface area (Å²) in [6, 6.07) is 6.90. The topological polar surface area (TPSA) is 86.8 Å². The van der Waals surface area contributed by atoms with Crippen LogP contribution in [-0.4, -0.2) is 79.0 Å². The number of likely N-dealkylation sites (N-methyl/N-ethyl adjacent to an activating group) is 2. The van der Waals surface area contributed by atoms with Gasteiger partial charge >= 0.3 is 12.2 Å². The molecule has 2 aliphatic rings. The molecule has 0 radical (unpaired) electrons. The molecule has 1 N–H and O–H groups in total. The van der Waals surface area contributed by atoms with E-state index >= 15 is 0 Å². The molecule has 2 unspecified atom stereocenters. The molecule has 2 atom stereocenters. The normalized spacial score (nSPS) is 19.9. The molecule has 1 aliphatic heterocycles. The number of fused-ring (bicyclic) bond motifs is 1.